The number of aliphatic hydroxyl groups excluding tert-OH is 3. The third-order valence-electron chi connectivity index (χ3n) is 8.71. The van der Waals surface area contributed by atoms with Crippen molar-refractivity contribution in [2.45, 2.75) is 56.3 Å². The van der Waals surface area contributed by atoms with Crippen molar-refractivity contribution in [1.82, 2.24) is 35.1 Å². The lowest BCUT2D eigenvalue weighted by molar-refractivity contribution is -0.0511. The second-order valence-corrected chi connectivity index (χ2v) is 11.8. The average Bonchev–Trinajstić information content (AvgIpc) is 3.65. The number of likely N-dealkylation sites (tertiary alicyclic amines) is 1. The van der Waals surface area contributed by atoms with E-state index in [0.717, 1.165) is 30.8 Å². The molecule has 2 aliphatic rings. The Kier molecular flexibility index (Phi) is 10.4. The van der Waals surface area contributed by atoms with E-state index < -0.39 is 31.1 Å². The van der Waals surface area contributed by atoms with Crippen LogP contribution in [0.5, 0.6) is 0 Å². The highest BCUT2D eigenvalue weighted by atomic mass is 16.6. The van der Waals surface area contributed by atoms with Gasteiger partial charge in [-0.3, -0.25) is 4.57 Å². The van der Waals surface area contributed by atoms with Gasteiger partial charge in [0.25, 0.3) is 0 Å². The summed E-state index contributed by atoms with van der Waals surface area (Å²) in [4.78, 5) is 29.0. The van der Waals surface area contributed by atoms with Crippen LogP contribution in [0.2, 0.25) is 0 Å². The van der Waals surface area contributed by atoms with Crippen LogP contribution in [-0.2, 0) is 11.3 Å². The molecule has 4 atom stereocenters. The fourth-order valence-electron chi connectivity index (χ4n) is 6.19. The number of urea groups is 1. The van der Waals surface area contributed by atoms with Gasteiger partial charge in [0, 0.05) is 25.6 Å². The first kappa shape index (κ1) is 31.8. The van der Waals surface area contributed by atoms with Crippen LogP contribution < -0.4 is 16.0 Å². The first-order valence-corrected chi connectivity index (χ1v) is 16.0. The molecule has 0 spiro atoms. The Labute approximate surface area is 267 Å². The number of hydrogen-bond donors (Lipinski definition) is 6. The van der Waals surface area contributed by atoms with E-state index in [4.69, 9.17) is 9.72 Å². The minimum absolute atomic E-state index is 0.00204. The summed E-state index contributed by atoms with van der Waals surface area (Å²) in [5.41, 5.74) is 3.05. The van der Waals surface area contributed by atoms with Gasteiger partial charge in [0.05, 0.1) is 19.5 Å². The van der Waals surface area contributed by atoms with Crippen molar-refractivity contribution in [2.24, 2.45) is 0 Å². The molecular weight excluding hydrogens is 588 g/mol. The summed E-state index contributed by atoms with van der Waals surface area (Å²) < 4.78 is 7.31. The highest BCUT2D eigenvalue weighted by Crippen LogP contribution is 2.33. The monoisotopic (exact) mass is 630 g/mol. The van der Waals surface area contributed by atoms with E-state index >= 15 is 0 Å². The summed E-state index contributed by atoms with van der Waals surface area (Å²) in [5.74, 6) is 0.780. The molecule has 2 aromatic carbocycles. The third-order valence-corrected chi connectivity index (χ3v) is 8.71. The number of nitrogens with zero attached hydrogens (tertiary/aromatic N) is 5. The van der Waals surface area contributed by atoms with Crippen LogP contribution in [-0.4, -0.2) is 103 Å². The summed E-state index contributed by atoms with van der Waals surface area (Å²) in [7, 11) is 0. The van der Waals surface area contributed by atoms with Gasteiger partial charge in [-0.05, 0) is 37.1 Å². The molecule has 2 saturated heterocycles. The van der Waals surface area contributed by atoms with Crippen molar-refractivity contribution in [3.05, 3.63) is 83.9 Å². The number of piperidine rings is 1. The van der Waals surface area contributed by atoms with Gasteiger partial charge in [-0.25, -0.2) is 19.7 Å². The zero-order valence-electron chi connectivity index (χ0n) is 25.7. The van der Waals surface area contributed by atoms with Crippen molar-refractivity contribution < 1.29 is 24.9 Å². The van der Waals surface area contributed by atoms with E-state index in [-0.39, 0.29) is 18.5 Å². The Hall–Kier alpha value is -4.14. The Bertz CT molecular complexity index is 1530. The molecule has 4 aromatic rings. The number of amides is 2. The Morgan fingerprint density at radius 1 is 0.935 bits per heavy atom. The predicted octanol–water partition coefficient (Wildman–Crippen LogP) is 1.97. The molecule has 0 unspecified atom stereocenters. The average molecular weight is 631 g/mol. The number of fused-ring (bicyclic) bond motifs is 1. The molecule has 4 heterocycles. The molecule has 0 aliphatic carbocycles. The van der Waals surface area contributed by atoms with Crippen molar-refractivity contribution in [1.29, 1.82) is 0 Å². The second kappa shape index (κ2) is 15.0. The van der Waals surface area contributed by atoms with Crippen LogP contribution in [0.25, 0.3) is 11.2 Å². The maximum absolute atomic E-state index is 12.7. The molecule has 2 amide bonds. The van der Waals surface area contributed by atoms with Crippen LogP contribution in [0.15, 0.2) is 67.0 Å². The Morgan fingerprint density at radius 2 is 1.63 bits per heavy atom. The molecule has 6 rings (SSSR count). The Morgan fingerprint density at radius 3 is 2.28 bits per heavy atom. The Balaban J connectivity index is 1.24. The molecule has 244 valence electrons. The van der Waals surface area contributed by atoms with Crippen molar-refractivity contribution in [2.75, 3.05) is 44.6 Å². The smallest absolute Gasteiger partial charge is 0.315 e. The molecule has 13 nitrogen and oxygen atoms in total. The van der Waals surface area contributed by atoms with Gasteiger partial charge in [0.1, 0.15) is 18.3 Å². The van der Waals surface area contributed by atoms with E-state index in [1.807, 2.05) is 36.4 Å². The lowest BCUT2D eigenvalue weighted by atomic mass is 9.91. The number of imidazole rings is 1. The molecule has 6 N–H and O–H groups in total. The molecule has 0 bridgehead atoms. The van der Waals surface area contributed by atoms with Crippen LogP contribution in [0.1, 0.15) is 48.4 Å². The molecular formula is C33H42N8O5. The minimum Gasteiger partial charge on any atom is -0.394 e. The quantitative estimate of drug-likeness (QED) is 0.136. The van der Waals surface area contributed by atoms with E-state index in [2.05, 4.69) is 55.1 Å². The molecule has 2 aliphatic heterocycles. The lowest BCUT2D eigenvalue weighted by Crippen LogP contribution is -2.41. The van der Waals surface area contributed by atoms with E-state index in [9.17, 15) is 20.1 Å². The van der Waals surface area contributed by atoms with Gasteiger partial charge in [-0.15, -0.1) is 0 Å². The number of benzene rings is 2. The number of carbonyl (C=O) groups excluding carboxylic acids is 1. The number of nitrogens with one attached hydrogen (secondary N) is 3. The molecule has 2 fully saturated rings. The van der Waals surface area contributed by atoms with Gasteiger partial charge in [0.15, 0.2) is 29.0 Å². The molecule has 0 radical (unpaired) electrons. The first-order valence-electron chi connectivity index (χ1n) is 16.0. The number of ether oxygens (including phenoxy) is 1. The zero-order chi connectivity index (χ0) is 31.9. The van der Waals surface area contributed by atoms with Gasteiger partial charge < -0.3 is 40.9 Å². The molecule has 2 aromatic heterocycles. The summed E-state index contributed by atoms with van der Waals surface area (Å²) in [6, 6.07) is 20.1. The maximum atomic E-state index is 12.7. The zero-order valence-corrected chi connectivity index (χ0v) is 25.7. The summed E-state index contributed by atoms with van der Waals surface area (Å²) >= 11 is 0. The topological polar surface area (TPSA) is 170 Å². The summed E-state index contributed by atoms with van der Waals surface area (Å²) in [6.45, 7) is 3.55. The fourth-order valence-corrected chi connectivity index (χ4v) is 6.19. The van der Waals surface area contributed by atoms with Crippen LogP contribution in [0.3, 0.4) is 0 Å². The van der Waals surface area contributed by atoms with E-state index in [1.54, 1.807) is 0 Å². The van der Waals surface area contributed by atoms with E-state index in [1.165, 1.54) is 30.2 Å². The lowest BCUT2D eigenvalue weighted by Gasteiger charge is -2.26. The highest BCUT2D eigenvalue weighted by Gasteiger charge is 2.44. The van der Waals surface area contributed by atoms with Gasteiger partial charge in [-0.1, -0.05) is 67.1 Å². The molecule has 0 saturated carbocycles. The fraction of sp³-hybridized carbons (Fsp3) is 0.455. The van der Waals surface area contributed by atoms with Crippen LogP contribution in [0.4, 0.5) is 10.6 Å². The van der Waals surface area contributed by atoms with Crippen molar-refractivity contribution in [3.8, 4) is 0 Å². The van der Waals surface area contributed by atoms with Gasteiger partial charge in [0.2, 0.25) is 0 Å². The largest absolute Gasteiger partial charge is 0.394 e. The number of hydrogen-bond acceptors (Lipinski definition) is 10. The van der Waals surface area contributed by atoms with Crippen molar-refractivity contribution in [3.63, 3.8) is 0 Å². The summed E-state index contributed by atoms with van der Waals surface area (Å²) in [6.07, 6.45) is 0.550. The second-order valence-electron chi connectivity index (χ2n) is 11.8. The SMILES string of the molecule is O=C(NCCN1CCCCC1)NCc1nc(NCC(c2ccccc2)c2ccccc2)c2ncn([C@@H]3O[C@H](CO)[C@@H](O)[C@H]3O)c2n1. The maximum Gasteiger partial charge on any atom is 0.315 e. The van der Waals surface area contributed by atoms with Gasteiger partial charge in [-0.2, -0.15) is 0 Å². The standard InChI is InChI=1S/C33H42N8O5/c42-20-25-28(43)29(44)32(46-25)41-21-37-27-30(35-18-24(22-10-4-1-5-11-22)23-12-6-2-7-13-23)38-26(39-31(27)41)19-36-33(45)34-14-17-40-15-8-3-9-16-40/h1-2,4-7,10-13,21,24-25,28-29,32,42-44H,3,8-9,14-20H2,(H2,34,36,45)(H,35,38,39)/t25-,28-,29-,32-/m1/s1. The number of anilines is 1. The third kappa shape index (κ3) is 7.29. The predicted molar refractivity (Wildman–Crippen MR) is 172 cm³/mol. The van der Waals surface area contributed by atoms with Crippen LogP contribution in [0, 0.1) is 0 Å². The summed E-state index contributed by atoms with van der Waals surface area (Å²) in [5, 5.41) is 40.0. The normalized spacial score (nSPS) is 21.9. The van der Waals surface area contributed by atoms with Crippen LogP contribution >= 0.6 is 0 Å². The van der Waals surface area contributed by atoms with Crippen molar-refractivity contribution >= 4 is 23.0 Å². The first-order chi connectivity index (χ1) is 22.5. The number of aromatic nitrogens is 4. The highest BCUT2D eigenvalue weighted by molar-refractivity contribution is 5.83. The van der Waals surface area contributed by atoms with Gasteiger partial charge >= 0.3 is 6.03 Å². The number of carbonyl (C=O) groups is 1. The number of rotatable bonds is 12. The number of aliphatic hydroxyl groups is 3. The molecule has 13 heteroatoms. The van der Waals surface area contributed by atoms with E-state index in [0.29, 0.717) is 35.9 Å². The minimum atomic E-state index is -1.31. The molecule has 46 heavy (non-hydrogen) atoms.